The number of allylic oxidation sites excluding steroid dienone is 1. The molecule has 0 unspecified atom stereocenters. The molecule has 0 saturated carbocycles. The fourth-order valence-corrected chi connectivity index (χ4v) is 0.642. The second kappa shape index (κ2) is 5.07. The zero-order valence-electron chi connectivity index (χ0n) is 5.49. The van der Waals surface area contributed by atoms with Crippen molar-refractivity contribution in [2.24, 2.45) is 0 Å². The van der Waals surface area contributed by atoms with Crippen molar-refractivity contribution in [2.75, 3.05) is 5.75 Å². The molecule has 0 aromatic rings. The van der Waals surface area contributed by atoms with E-state index in [4.69, 9.17) is 0 Å². The van der Waals surface area contributed by atoms with Crippen molar-refractivity contribution in [3.05, 3.63) is 12.2 Å². The van der Waals surface area contributed by atoms with E-state index in [9.17, 15) is 13.0 Å². The predicted molar refractivity (Wildman–Crippen MR) is 29.4 cm³/mol. The maximum atomic E-state index is 9.78. The largest absolute Gasteiger partial charge is 1.00 e. The summed E-state index contributed by atoms with van der Waals surface area (Å²) in [7, 11) is -4.02. The van der Waals surface area contributed by atoms with E-state index in [0.717, 1.165) is 0 Å². The fraction of sp³-hybridized carbons (Fsp3) is 0.500. The van der Waals surface area contributed by atoms with E-state index in [1.807, 2.05) is 0 Å². The zero-order chi connectivity index (χ0) is 6.62. The maximum Gasteiger partial charge on any atom is 1.00 e. The van der Waals surface area contributed by atoms with Crippen LogP contribution in [-0.4, -0.2) is 18.7 Å². The average molecular weight is 142 g/mol. The van der Waals surface area contributed by atoms with Gasteiger partial charge in [-0.25, -0.2) is 8.42 Å². The Bertz CT molecular complexity index is 170. The third-order valence-electron chi connectivity index (χ3n) is 0.536. The van der Waals surface area contributed by atoms with Gasteiger partial charge in [0, 0.05) is 0 Å². The molecule has 5 heteroatoms. The first-order valence-electron chi connectivity index (χ1n) is 2.11. The van der Waals surface area contributed by atoms with Crippen LogP contribution in [-0.2, 0) is 10.1 Å². The van der Waals surface area contributed by atoms with Crippen LogP contribution in [0.2, 0.25) is 0 Å². The van der Waals surface area contributed by atoms with Crippen LogP contribution < -0.4 is 18.9 Å². The van der Waals surface area contributed by atoms with E-state index in [1.54, 1.807) is 6.92 Å². The SMILES string of the molecule is C/C=C/CS(=O)(=O)[O-].[Li+]. The number of hydrogen-bond acceptors (Lipinski definition) is 3. The van der Waals surface area contributed by atoms with E-state index in [0.29, 0.717) is 0 Å². The summed E-state index contributed by atoms with van der Waals surface area (Å²) in [5.41, 5.74) is 0. The second-order valence-electron chi connectivity index (χ2n) is 1.29. The van der Waals surface area contributed by atoms with Crippen LogP contribution in [0, 0.1) is 0 Å². The minimum Gasteiger partial charge on any atom is -0.748 e. The molecular weight excluding hydrogens is 135 g/mol. The number of rotatable bonds is 2. The van der Waals surface area contributed by atoms with Gasteiger partial charge in [0.2, 0.25) is 0 Å². The summed E-state index contributed by atoms with van der Waals surface area (Å²) in [6, 6.07) is 0. The van der Waals surface area contributed by atoms with Gasteiger partial charge < -0.3 is 4.55 Å². The Kier molecular flexibility index (Phi) is 6.74. The van der Waals surface area contributed by atoms with Gasteiger partial charge in [0.15, 0.2) is 0 Å². The molecule has 0 aromatic heterocycles. The third-order valence-corrected chi connectivity index (χ3v) is 1.14. The minimum absolute atomic E-state index is 0. The molecule has 48 valence electrons. The van der Waals surface area contributed by atoms with E-state index in [-0.39, 0.29) is 18.9 Å². The molecule has 0 bridgehead atoms. The topological polar surface area (TPSA) is 57.2 Å². The van der Waals surface area contributed by atoms with Gasteiger partial charge >= 0.3 is 18.9 Å². The number of hydrogen-bond donors (Lipinski definition) is 0. The summed E-state index contributed by atoms with van der Waals surface area (Å²) in [4.78, 5) is 0. The van der Waals surface area contributed by atoms with Crippen LogP contribution in [0.15, 0.2) is 12.2 Å². The van der Waals surface area contributed by atoms with E-state index >= 15 is 0 Å². The van der Waals surface area contributed by atoms with Crippen molar-refractivity contribution < 1.29 is 31.8 Å². The Hall–Kier alpha value is 0.247. The van der Waals surface area contributed by atoms with Crippen LogP contribution in [0.25, 0.3) is 0 Å². The fourth-order valence-electron chi connectivity index (χ4n) is 0.214. The van der Waals surface area contributed by atoms with Crippen molar-refractivity contribution in [1.82, 2.24) is 0 Å². The van der Waals surface area contributed by atoms with Crippen LogP contribution in [0.3, 0.4) is 0 Å². The Morgan fingerprint density at radius 2 is 2.00 bits per heavy atom. The Balaban J connectivity index is 0. The third kappa shape index (κ3) is 11.7. The summed E-state index contributed by atoms with van der Waals surface area (Å²) in [5, 5.41) is 0. The van der Waals surface area contributed by atoms with Crippen LogP contribution in [0.5, 0.6) is 0 Å². The molecular formula is C4H7LiO3S. The van der Waals surface area contributed by atoms with Crippen LogP contribution in [0.1, 0.15) is 6.92 Å². The molecule has 0 aliphatic carbocycles. The first-order chi connectivity index (χ1) is 3.56. The first-order valence-corrected chi connectivity index (χ1v) is 3.68. The van der Waals surface area contributed by atoms with E-state index in [1.165, 1.54) is 12.2 Å². The molecule has 0 amide bonds. The molecule has 0 aliphatic heterocycles. The monoisotopic (exact) mass is 142 g/mol. The van der Waals surface area contributed by atoms with Crippen LogP contribution in [0.4, 0.5) is 0 Å². The summed E-state index contributed by atoms with van der Waals surface area (Å²) in [5.74, 6) is -0.399. The standard InChI is InChI=1S/C4H8O3S.Li/c1-2-3-4-8(5,6)7;/h2-3H,4H2,1H3,(H,5,6,7);/q;+1/p-1/b3-2+;. The molecule has 0 heterocycles. The summed E-state index contributed by atoms with van der Waals surface area (Å²) < 4.78 is 29.4. The van der Waals surface area contributed by atoms with Gasteiger partial charge in [-0.3, -0.25) is 0 Å². The quantitative estimate of drug-likeness (QED) is 0.236. The first kappa shape index (κ1) is 12.0. The molecule has 9 heavy (non-hydrogen) atoms. The Labute approximate surface area is 67.1 Å². The Morgan fingerprint density at radius 1 is 1.56 bits per heavy atom. The molecule has 0 aromatic carbocycles. The summed E-state index contributed by atoms with van der Waals surface area (Å²) >= 11 is 0. The average Bonchev–Trinajstić information content (AvgIpc) is 1.59. The predicted octanol–water partition coefficient (Wildman–Crippen LogP) is -2.89. The maximum absolute atomic E-state index is 9.78. The van der Waals surface area contributed by atoms with E-state index in [2.05, 4.69) is 0 Å². The zero-order valence-corrected chi connectivity index (χ0v) is 6.31. The summed E-state index contributed by atoms with van der Waals surface area (Å²) in [6.45, 7) is 1.66. The van der Waals surface area contributed by atoms with Crippen molar-refractivity contribution >= 4 is 10.1 Å². The van der Waals surface area contributed by atoms with Crippen molar-refractivity contribution in [3.63, 3.8) is 0 Å². The molecule has 0 atom stereocenters. The van der Waals surface area contributed by atoms with Gasteiger partial charge in [0.1, 0.15) is 0 Å². The second-order valence-corrected chi connectivity index (χ2v) is 2.74. The van der Waals surface area contributed by atoms with Gasteiger partial charge in [-0.2, -0.15) is 0 Å². The molecule has 0 N–H and O–H groups in total. The normalized spacial score (nSPS) is 11.3. The van der Waals surface area contributed by atoms with Gasteiger partial charge in [0.05, 0.1) is 15.9 Å². The molecule has 0 spiro atoms. The van der Waals surface area contributed by atoms with Crippen molar-refractivity contribution in [2.45, 2.75) is 6.92 Å². The van der Waals surface area contributed by atoms with Crippen molar-refractivity contribution in [3.8, 4) is 0 Å². The van der Waals surface area contributed by atoms with Gasteiger partial charge in [-0.15, -0.1) is 0 Å². The smallest absolute Gasteiger partial charge is 0.748 e. The molecule has 0 fully saturated rings. The van der Waals surface area contributed by atoms with Crippen molar-refractivity contribution in [1.29, 1.82) is 0 Å². The van der Waals surface area contributed by atoms with E-state index < -0.39 is 15.9 Å². The molecule has 3 nitrogen and oxygen atoms in total. The minimum atomic E-state index is -4.02. The Morgan fingerprint density at radius 3 is 2.11 bits per heavy atom. The van der Waals surface area contributed by atoms with Crippen LogP contribution >= 0.6 is 0 Å². The molecule has 0 radical (unpaired) electrons. The summed E-state index contributed by atoms with van der Waals surface area (Å²) in [6.07, 6.45) is 2.83. The molecule has 0 aliphatic rings. The molecule has 0 rings (SSSR count). The van der Waals surface area contributed by atoms with Gasteiger partial charge in [0.25, 0.3) is 0 Å². The molecule has 0 saturated heterocycles. The van der Waals surface area contributed by atoms with Gasteiger partial charge in [-0.1, -0.05) is 12.2 Å². The van der Waals surface area contributed by atoms with Gasteiger partial charge in [-0.05, 0) is 6.92 Å².